The van der Waals surface area contributed by atoms with Crippen molar-refractivity contribution in [2.24, 2.45) is 4.99 Å². The highest BCUT2D eigenvalue weighted by atomic mass is 32.1. The van der Waals surface area contributed by atoms with Gasteiger partial charge in [-0.2, -0.15) is 0 Å². The van der Waals surface area contributed by atoms with Crippen LogP contribution < -0.4 is 9.54 Å². The second-order valence-corrected chi connectivity index (χ2v) is 5.56. The topological polar surface area (TPSA) is 60.7 Å². The summed E-state index contributed by atoms with van der Waals surface area (Å²) in [5.74, 6) is -0.975. The van der Waals surface area contributed by atoms with Crippen molar-refractivity contribution in [2.45, 2.75) is 27.2 Å². The largest absolute Gasteiger partial charge is 0.408 e. The van der Waals surface area contributed by atoms with Gasteiger partial charge in [0.05, 0.1) is 10.6 Å². The van der Waals surface area contributed by atoms with Crippen molar-refractivity contribution in [3.63, 3.8) is 0 Å². The number of carbonyl (C=O) groups is 2. The van der Waals surface area contributed by atoms with E-state index in [0.717, 1.165) is 4.88 Å². The van der Waals surface area contributed by atoms with E-state index in [4.69, 9.17) is 4.74 Å². The lowest BCUT2D eigenvalue weighted by atomic mass is 10.3. The first-order chi connectivity index (χ1) is 10.4. The second kappa shape index (κ2) is 6.65. The molecule has 1 heterocycles. The Morgan fingerprint density at radius 2 is 1.91 bits per heavy atom. The molecule has 2 rings (SSSR count). The van der Waals surface area contributed by atoms with Crippen molar-refractivity contribution in [2.75, 3.05) is 0 Å². The first kappa shape index (κ1) is 16.1. The average molecular weight is 322 g/mol. The van der Waals surface area contributed by atoms with Gasteiger partial charge in [-0.3, -0.25) is 9.59 Å². The summed E-state index contributed by atoms with van der Waals surface area (Å²) in [5, 5.41) is 0. The van der Waals surface area contributed by atoms with E-state index in [9.17, 15) is 14.0 Å². The summed E-state index contributed by atoms with van der Waals surface area (Å²) < 4.78 is 19.4. The van der Waals surface area contributed by atoms with E-state index in [1.54, 1.807) is 0 Å². The third-order valence-electron chi connectivity index (χ3n) is 2.78. The summed E-state index contributed by atoms with van der Waals surface area (Å²) in [6, 6.07) is 5.60. The van der Waals surface area contributed by atoms with Crippen LogP contribution in [-0.2, 0) is 11.2 Å². The van der Waals surface area contributed by atoms with Crippen LogP contribution in [0.2, 0.25) is 0 Å². The Morgan fingerprint density at radius 3 is 2.41 bits per heavy atom. The van der Waals surface area contributed by atoms with Crippen molar-refractivity contribution < 1.29 is 18.7 Å². The zero-order chi connectivity index (χ0) is 16.3. The summed E-state index contributed by atoms with van der Waals surface area (Å²) in [7, 11) is 0. The number of benzene rings is 1. The van der Waals surface area contributed by atoms with Crippen LogP contribution in [0.1, 0.15) is 30.4 Å². The third-order valence-corrected chi connectivity index (χ3v) is 3.94. The molecule has 0 aliphatic heterocycles. The van der Waals surface area contributed by atoms with Gasteiger partial charge < -0.3 is 4.74 Å². The number of nitrogens with zero attached hydrogens (tertiary/aromatic N) is 2. The SMILES string of the molecule is CCc1sc(=Nc2ccc(F)cc2)n(C(C)=O)c1OC(C)=O. The van der Waals surface area contributed by atoms with Crippen LogP contribution in [0.15, 0.2) is 29.3 Å². The quantitative estimate of drug-likeness (QED) is 0.816. The first-order valence-electron chi connectivity index (χ1n) is 6.66. The predicted octanol–water partition coefficient (Wildman–Crippen LogP) is 3.07. The fourth-order valence-corrected chi connectivity index (χ4v) is 2.89. The Balaban J connectivity index is 2.64. The highest BCUT2D eigenvalue weighted by molar-refractivity contribution is 7.09. The van der Waals surface area contributed by atoms with Gasteiger partial charge in [-0.25, -0.2) is 13.9 Å². The van der Waals surface area contributed by atoms with Crippen LogP contribution in [0.3, 0.4) is 0 Å². The van der Waals surface area contributed by atoms with Gasteiger partial charge in [0.2, 0.25) is 11.8 Å². The average Bonchev–Trinajstić information content (AvgIpc) is 2.78. The Morgan fingerprint density at radius 1 is 1.27 bits per heavy atom. The molecule has 0 amide bonds. The Kier molecular flexibility index (Phi) is 4.87. The lowest BCUT2D eigenvalue weighted by molar-refractivity contribution is -0.132. The van der Waals surface area contributed by atoms with Gasteiger partial charge >= 0.3 is 5.97 Å². The molecular weight excluding hydrogens is 307 g/mol. The number of aryl methyl sites for hydroxylation is 1. The molecule has 5 nitrogen and oxygen atoms in total. The minimum Gasteiger partial charge on any atom is -0.408 e. The number of hydrogen-bond acceptors (Lipinski definition) is 5. The molecule has 1 aromatic carbocycles. The molecule has 0 spiro atoms. The van der Waals surface area contributed by atoms with Gasteiger partial charge in [-0.05, 0) is 30.7 Å². The summed E-state index contributed by atoms with van der Waals surface area (Å²) in [6.07, 6.45) is 0.597. The van der Waals surface area contributed by atoms with Crippen LogP contribution >= 0.6 is 11.3 Å². The molecule has 7 heteroatoms. The molecule has 0 bridgehead atoms. The molecule has 2 aromatic rings. The van der Waals surface area contributed by atoms with Gasteiger partial charge in [0.25, 0.3) is 0 Å². The smallest absolute Gasteiger partial charge is 0.309 e. The van der Waals surface area contributed by atoms with E-state index in [1.165, 1.54) is 54.0 Å². The molecule has 0 radical (unpaired) electrons. The molecule has 1 aromatic heterocycles. The molecular formula is C15H15FN2O3S. The van der Waals surface area contributed by atoms with E-state index < -0.39 is 5.97 Å². The van der Waals surface area contributed by atoms with Crippen LogP contribution in [0.5, 0.6) is 5.88 Å². The van der Waals surface area contributed by atoms with Crippen molar-refractivity contribution in [3.05, 3.63) is 39.8 Å². The highest BCUT2D eigenvalue weighted by Crippen LogP contribution is 2.23. The van der Waals surface area contributed by atoms with Crippen molar-refractivity contribution in [1.82, 2.24) is 4.57 Å². The van der Waals surface area contributed by atoms with E-state index in [1.807, 2.05) is 6.92 Å². The predicted molar refractivity (Wildman–Crippen MR) is 80.9 cm³/mol. The Hall–Kier alpha value is -2.28. The zero-order valence-corrected chi connectivity index (χ0v) is 13.2. The minimum atomic E-state index is -0.504. The lowest BCUT2D eigenvalue weighted by Gasteiger charge is -2.05. The van der Waals surface area contributed by atoms with E-state index in [2.05, 4.69) is 4.99 Å². The lowest BCUT2D eigenvalue weighted by Crippen LogP contribution is -2.22. The number of aromatic nitrogens is 1. The maximum absolute atomic E-state index is 12.9. The maximum atomic E-state index is 12.9. The van der Waals surface area contributed by atoms with Crippen LogP contribution in [0.25, 0.3) is 0 Å². The van der Waals surface area contributed by atoms with Crippen LogP contribution in [0, 0.1) is 5.82 Å². The van der Waals surface area contributed by atoms with Crippen molar-refractivity contribution >= 4 is 28.9 Å². The maximum Gasteiger partial charge on any atom is 0.309 e. The number of hydrogen-bond donors (Lipinski definition) is 0. The molecule has 22 heavy (non-hydrogen) atoms. The summed E-state index contributed by atoms with van der Waals surface area (Å²) >= 11 is 1.26. The number of thiazole rings is 1. The fourth-order valence-electron chi connectivity index (χ4n) is 1.85. The molecule has 0 saturated heterocycles. The number of esters is 1. The minimum absolute atomic E-state index is 0.202. The normalized spacial score (nSPS) is 11.5. The summed E-state index contributed by atoms with van der Waals surface area (Å²) in [4.78, 5) is 28.6. The molecule has 0 atom stereocenters. The van der Waals surface area contributed by atoms with Crippen molar-refractivity contribution in [1.29, 1.82) is 0 Å². The molecule has 0 fully saturated rings. The van der Waals surface area contributed by atoms with E-state index in [-0.39, 0.29) is 17.6 Å². The van der Waals surface area contributed by atoms with Gasteiger partial charge in [-0.15, -0.1) is 0 Å². The standard InChI is InChI=1S/C15H15FN2O3S/c1-4-13-14(21-10(3)20)18(9(2)19)15(22-13)17-12-7-5-11(16)6-8-12/h5-8H,4H2,1-3H3. The highest BCUT2D eigenvalue weighted by Gasteiger charge is 2.18. The zero-order valence-electron chi connectivity index (χ0n) is 12.4. The molecule has 0 aliphatic carbocycles. The van der Waals surface area contributed by atoms with E-state index in [0.29, 0.717) is 16.9 Å². The number of rotatable bonds is 3. The molecule has 0 saturated carbocycles. The summed E-state index contributed by atoms with van der Waals surface area (Å²) in [6.45, 7) is 4.53. The van der Waals surface area contributed by atoms with E-state index >= 15 is 0 Å². The first-order valence-corrected chi connectivity index (χ1v) is 7.48. The molecule has 0 N–H and O–H groups in total. The van der Waals surface area contributed by atoms with Crippen LogP contribution in [-0.4, -0.2) is 16.4 Å². The monoisotopic (exact) mass is 322 g/mol. The third kappa shape index (κ3) is 3.48. The second-order valence-electron chi connectivity index (χ2n) is 4.50. The molecule has 116 valence electrons. The molecule has 0 aliphatic rings. The van der Waals surface area contributed by atoms with Crippen molar-refractivity contribution in [3.8, 4) is 5.88 Å². The number of halogens is 1. The van der Waals surface area contributed by atoms with Gasteiger partial charge in [-0.1, -0.05) is 18.3 Å². The number of carbonyl (C=O) groups excluding carboxylic acids is 2. The summed E-state index contributed by atoms with van der Waals surface area (Å²) in [5.41, 5.74) is 0.509. The molecule has 0 unspecified atom stereocenters. The fraction of sp³-hybridized carbons (Fsp3) is 0.267. The van der Waals surface area contributed by atoms with Gasteiger partial charge in [0, 0.05) is 13.8 Å². The Bertz CT molecular complexity index is 775. The van der Waals surface area contributed by atoms with Gasteiger partial charge in [0.1, 0.15) is 5.82 Å². The van der Waals surface area contributed by atoms with Crippen LogP contribution in [0.4, 0.5) is 10.1 Å². The van der Waals surface area contributed by atoms with Gasteiger partial charge in [0.15, 0.2) is 4.80 Å². The Labute approximate surface area is 130 Å². The number of ether oxygens (including phenoxy) is 1.